The lowest BCUT2D eigenvalue weighted by atomic mass is 10.0. The fraction of sp³-hybridized carbons (Fsp3) is 0.235. The van der Waals surface area contributed by atoms with Crippen LogP contribution in [0.2, 0.25) is 5.02 Å². The monoisotopic (exact) mass is 617 g/mol. The topological polar surface area (TPSA) is 86.8 Å². The highest BCUT2D eigenvalue weighted by molar-refractivity contribution is 7.92. The quantitative estimate of drug-likeness (QED) is 0.214. The summed E-state index contributed by atoms with van der Waals surface area (Å²) in [5.74, 6) is -0.833. The third-order valence-electron chi connectivity index (χ3n) is 7.34. The molecule has 4 aromatic carbocycles. The molecule has 0 aliphatic rings. The van der Waals surface area contributed by atoms with Crippen LogP contribution in [0.25, 0.3) is 0 Å². The molecule has 0 aromatic heterocycles. The Labute approximate surface area is 259 Å². The molecule has 0 saturated carbocycles. The Morgan fingerprint density at radius 1 is 0.814 bits per heavy atom. The third-order valence-corrected chi connectivity index (χ3v) is 9.37. The second-order valence-corrected chi connectivity index (χ2v) is 12.6. The van der Waals surface area contributed by atoms with Crippen molar-refractivity contribution in [3.8, 4) is 0 Å². The average molecular weight is 618 g/mol. The van der Waals surface area contributed by atoms with E-state index < -0.39 is 28.5 Å². The zero-order chi connectivity index (χ0) is 31.0. The van der Waals surface area contributed by atoms with Gasteiger partial charge in [-0.1, -0.05) is 84.4 Å². The van der Waals surface area contributed by atoms with Crippen LogP contribution in [0.5, 0.6) is 0 Å². The number of sulfonamides is 1. The fourth-order valence-electron chi connectivity index (χ4n) is 4.87. The maximum atomic E-state index is 14.4. The molecule has 0 aliphatic heterocycles. The summed E-state index contributed by atoms with van der Waals surface area (Å²) in [5.41, 5.74) is 3.66. The van der Waals surface area contributed by atoms with Gasteiger partial charge in [0.05, 0.1) is 10.6 Å². The minimum absolute atomic E-state index is 0.0671. The summed E-state index contributed by atoms with van der Waals surface area (Å²) in [6.07, 6.45) is 0.251. The number of carbonyl (C=O) groups is 2. The normalized spacial score (nSPS) is 11.9. The first-order valence-electron chi connectivity index (χ1n) is 14.1. The van der Waals surface area contributed by atoms with E-state index in [4.69, 9.17) is 11.6 Å². The number of anilines is 1. The van der Waals surface area contributed by atoms with Crippen LogP contribution in [0.3, 0.4) is 0 Å². The van der Waals surface area contributed by atoms with Crippen LogP contribution in [0, 0.1) is 13.8 Å². The van der Waals surface area contributed by atoms with Gasteiger partial charge in [-0.15, -0.1) is 0 Å². The maximum Gasteiger partial charge on any atom is 0.264 e. The molecule has 7 nitrogen and oxygen atoms in total. The molecule has 2 amide bonds. The summed E-state index contributed by atoms with van der Waals surface area (Å²) in [5, 5.41) is 3.41. The van der Waals surface area contributed by atoms with Crippen LogP contribution in [0.15, 0.2) is 108 Å². The molecule has 0 unspecified atom stereocenters. The van der Waals surface area contributed by atoms with E-state index in [1.54, 1.807) is 54.6 Å². The van der Waals surface area contributed by atoms with Gasteiger partial charge in [-0.2, -0.15) is 0 Å². The van der Waals surface area contributed by atoms with Gasteiger partial charge in [0.25, 0.3) is 10.0 Å². The number of halogens is 1. The van der Waals surface area contributed by atoms with E-state index in [-0.39, 0.29) is 23.8 Å². The van der Waals surface area contributed by atoms with Crippen molar-refractivity contribution < 1.29 is 18.0 Å². The Morgan fingerprint density at radius 3 is 2.07 bits per heavy atom. The third kappa shape index (κ3) is 7.83. The van der Waals surface area contributed by atoms with Gasteiger partial charge < -0.3 is 10.2 Å². The van der Waals surface area contributed by atoms with Crippen LogP contribution in [-0.4, -0.2) is 44.3 Å². The number of likely N-dealkylation sites (N-methyl/N-ethyl adjacent to an activating group) is 1. The summed E-state index contributed by atoms with van der Waals surface area (Å²) in [6, 6.07) is 29.0. The molecule has 0 fully saturated rings. The number of amides is 2. The molecule has 0 heterocycles. The molecule has 0 spiro atoms. The van der Waals surface area contributed by atoms with Crippen molar-refractivity contribution in [3.63, 3.8) is 0 Å². The first kappa shape index (κ1) is 31.8. The van der Waals surface area contributed by atoms with E-state index in [1.165, 1.54) is 17.0 Å². The Bertz CT molecular complexity index is 1650. The van der Waals surface area contributed by atoms with Gasteiger partial charge in [-0.3, -0.25) is 13.9 Å². The second-order valence-electron chi connectivity index (χ2n) is 10.3. The van der Waals surface area contributed by atoms with Crippen molar-refractivity contribution in [2.75, 3.05) is 17.4 Å². The van der Waals surface area contributed by atoms with Crippen molar-refractivity contribution in [3.05, 3.63) is 130 Å². The molecule has 0 aliphatic carbocycles. The van der Waals surface area contributed by atoms with Gasteiger partial charge in [0.1, 0.15) is 12.6 Å². The molecule has 1 N–H and O–H groups in total. The number of benzene rings is 4. The summed E-state index contributed by atoms with van der Waals surface area (Å²) >= 11 is 6.13. The Kier molecular flexibility index (Phi) is 10.6. The first-order chi connectivity index (χ1) is 20.6. The molecule has 9 heteroatoms. The van der Waals surface area contributed by atoms with Crippen molar-refractivity contribution >= 4 is 39.1 Å². The molecule has 43 heavy (non-hydrogen) atoms. The molecule has 0 radical (unpaired) electrons. The molecular formula is C34H36ClN3O4S. The van der Waals surface area contributed by atoms with Crippen molar-refractivity contribution in [1.82, 2.24) is 10.2 Å². The molecule has 1 atom stereocenters. The lowest BCUT2D eigenvalue weighted by Crippen LogP contribution is -2.53. The number of nitrogens with one attached hydrogen (secondary N) is 1. The summed E-state index contributed by atoms with van der Waals surface area (Å²) in [6.45, 7) is 5.50. The van der Waals surface area contributed by atoms with Crippen LogP contribution in [0.1, 0.15) is 29.2 Å². The van der Waals surface area contributed by atoms with Gasteiger partial charge in [0.2, 0.25) is 11.8 Å². The predicted molar refractivity (Wildman–Crippen MR) is 172 cm³/mol. The number of nitrogens with zero attached hydrogens (tertiary/aromatic N) is 2. The summed E-state index contributed by atoms with van der Waals surface area (Å²) < 4.78 is 29.4. The van der Waals surface area contributed by atoms with Crippen LogP contribution >= 0.6 is 11.6 Å². The molecule has 224 valence electrons. The SMILES string of the molecule is CCNC(=O)[C@@H](Cc1ccccc1)N(Cc1ccc(Cl)cc1)C(=O)CN(c1cccc(C)c1C)S(=O)(=O)c1ccccc1. The highest BCUT2D eigenvalue weighted by Crippen LogP contribution is 2.29. The van der Waals surface area contributed by atoms with Gasteiger partial charge in [-0.05, 0) is 73.4 Å². The van der Waals surface area contributed by atoms with E-state index in [1.807, 2.05) is 57.2 Å². The van der Waals surface area contributed by atoms with E-state index >= 15 is 0 Å². The summed E-state index contributed by atoms with van der Waals surface area (Å²) in [4.78, 5) is 29.5. The van der Waals surface area contributed by atoms with Gasteiger partial charge >= 0.3 is 0 Å². The largest absolute Gasteiger partial charge is 0.355 e. The van der Waals surface area contributed by atoms with Crippen LogP contribution in [-0.2, 0) is 32.6 Å². The van der Waals surface area contributed by atoms with E-state index in [2.05, 4.69) is 5.32 Å². The van der Waals surface area contributed by atoms with Crippen LogP contribution < -0.4 is 9.62 Å². The number of carbonyl (C=O) groups excluding carboxylic acids is 2. The Hall–Kier alpha value is -4.14. The first-order valence-corrected chi connectivity index (χ1v) is 15.9. The minimum Gasteiger partial charge on any atom is -0.355 e. The van der Waals surface area contributed by atoms with E-state index in [0.29, 0.717) is 17.3 Å². The Balaban J connectivity index is 1.81. The maximum absolute atomic E-state index is 14.4. The molecule has 0 saturated heterocycles. The fourth-order valence-corrected chi connectivity index (χ4v) is 6.49. The molecule has 4 aromatic rings. The number of rotatable bonds is 12. The van der Waals surface area contributed by atoms with Crippen molar-refractivity contribution in [2.45, 2.75) is 44.7 Å². The Morgan fingerprint density at radius 2 is 1.44 bits per heavy atom. The van der Waals surface area contributed by atoms with Crippen LogP contribution in [0.4, 0.5) is 5.69 Å². The van der Waals surface area contributed by atoms with E-state index in [9.17, 15) is 18.0 Å². The van der Waals surface area contributed by atoms with Crippen molar-refractivity contribution in [2.24, 2.45) is 0 Å². The highest BCUT2D eigenvalue weighted by atomic mass is 35.5. The van der Waals surface area contributed by atoms with E-state index in [0.717, 1.165) is 26.6 Å². The summed E-state index contributed by atoms with van der Waals surface area (Å²) in [7, 11) is -4.15. The molecular weight excluding hydrogens is 582 g/mol. The standard InChI is InChI=1S/C34H36ClN3O4S/c1-4-36-34(40)32(22-27-13-7-5-8-14-27)37(23-28-18-20-29(35)21-19-28)33(39)24-38(31-17-11-12-25(2)26(31)3)43(41,42)30-15-9-6-10-16-30/h5-21,32H,4,22-24H2,1-3H3,(H,36,40)/t32-/m1/s1. The predicted octanol–water partition coefficient (Wildman–Crippen LogP) is 5.93. The van der Waals surface area contributed by atoms with Gasteiger partial charge in [-0.25, -0.2) is 8.42 Å². The lowest BCUT2D eigenvalue weighted by molar-refractivity contribution is -0.140. The number of hydrogen-bond donors (Lipinski definition) is 1. The number of aryl methyl sites for hydroxylation is 1. The zero-order valence-corrected chi connectivity index (χ0v) is 26.1. The van der Waals surface area contributed by atoms with Crippen molar-refractivity contribution in [1.29, 1.82) is 0 Å². The van der Waals surface area contributed by atoms with Gasteiger partial charge in [0, 0.05) is 24.5 Å². The highest BCUT2D eigenvalue weighted by Gasteiger charge is 2.35. The minimum atomic E-state index is -4.15. The molecule has 4 rings (SSSR count). The lowest BCUT2D eigenvalue weighted by Gasteiger charge is -2.34. The van der Waals surface area contributed by atoms with Gasteiger partial charge in [0.15, 0.2) is 0 Å². The number of hydrogen-bond acceptors (Lipinski definition) is 4. The average Bonchev–Trinajstić information content (AvgIpc) is 3.01. The smallest absolute Gasteiger partial charge is 0.264 e. The second kappa shape index (κ2) is 14.4. The molecule has 0 bridgehead atoms. The zero-order valence-electron chi connectivity index (χ0n) is 24.5.